The lowest BCUT2D eigenvalue weighted by molar-refractivity contribution is 0.261. The van der Waals surface area contributed by atoms with Crippen molar-refractivity contribution in [3.05, 3.63) is 30.2 Å². The Kier molecular flexibility index (Phi) is 4.62. The maximum atomic E-state index is 5.07. The van der Waals surface area contributed by atoms with Gasteiger partial charge in [0.25, 0.3) is 0 Å². The molecule has 6 nitrogen and oxygen atoms in total. The molecule has 0 spiro atoms. The fourth-order valence-corrected chi connectivity index (χ4v) is 3.02. The fourth-order valence-electron chi connectivity index (χ4n) is 2.44. The molecular formula is C14H19N5OS. The van der Waals surface area contributed by atoms with Gasteiger partial charge in [-0.1, -0.05) is 6.07 Å². The van der Waals surface area contributed by atoms with Crippen LogP contribution >= 0.6 is 11.5 Å². The predicted octanol–water partition coefficient (Wildman–Crippen LogP) is 1.31. The van der Waals surface area contributed by atoms with Crippen molar-refractivity contribution >= 4 is 16.7 Å². The summed E-state index contributed by atoms with van der Waals surface area (Å²) in [5.41, 5.74) is 1.25. The Balaban J connectivity index is 1.44. The molecule has 7 heteroatoms. The molecule has 3 rings (SSSR count). The summed E-state index contributed by atoms with van der Waals surface area (Å²) >= 11 is 1.47. The number of hydrogen-bond donors (Lipinski definition) is 0. The van der Waals surface area contributed by atoms with Crippen molar-refractivity contribution < 1.29 is 4.74 Å². The quantitative estimate of drug-likeness (QED) is 0.830. The Morgan fingerprint density at radius 2 is 2.05 bits per heavy atom. The molecule has 1 aliphatic heterocycles. The van der Waals surface area contributed by atoms with E-state index in [-0.39, 0.29) is 0 Å². The number of methoxy groups -OCH3 is 1. The van der Waals surface area contributed by atoms with Crippen molar-refractivity contribution in [2.75, 3.05) is 44.7 Å². The van der Waals surface area contributed by atoms with E-state index in [0.717, 1.165) is 44.3 Å². The largest absolute Gasteiger partial charge is 0.481 e. The molecule has 0 atom stereocenters. The zero-order valence-electron chi connectivity index (χ0n) is 12.1. The first-order valence-electron chi connectivity index (χ1n) is 7.08. The Hall–Kier alpha value is -1.73. The van der Waals surface area contributed by atoms with Crippen molar-refractivity contribution in [2.45, 2.75) is 6.42 Å². The second-order valence-electron chi connectivity index (χ2n) is 5.01. The standard InChI is InChI=1S/C14H19N5OS/c1-20-13-3-2-12(10-15-13)4-5-18-6-8-19(9-7-18)14-16-11-17-21-14/h2-3,10-11H,4-9H2,1H3. The molecule has 2 aromatic heterocycles. The highest BCUT2D eigenvalue weighted by Gasteiger charge is 2.18. The SMILES string of the molecule is COc1ccc(CCN2CCN(c3ncns3)CC2)cn1. The maximum Gasteiger partial charge on any atom is 0.212 e. The van der Waals surface area contributed by atoms with Crippen LogP contribution in [-0.2, 0) is 6.42 Å². The summed E-state index contributed by atoms with van der Waals surface area (Å²) in [6.45, 7) is 5.26. The molecule has 1 saturated heterocycles. The molecule has 1 aliphatic rings. The summed E-state index contributed by atoms with van der Waals surface area (Å²) in [7, 11) is 1.64. The number of ether oxygens (including phenoxy) is 1. The number of nitrogens with zero attached hydrogens (tertiary/aromatic N) is 5. The fraction of sp³-hybridized carbons (Fsp3) is 0.500. The van der Waals surface area contributed by atoms with Crippen LogP contribution in [0.15, 0.2) is 24.7 Å². The van der Waals surface area contributed by atoms with E-state index in [1.807, 2.05) is 12.3 Å². The van der Waals surface area contributed by atoms with Gasteiger partial charge in [0.2, 0.25) is 11.0 Å². The third-order valence-corrected chi connectivity index (χ3v) is 4.44. The van der Waals surface area contributed by atoms with Crippen molar-refractivity contribution in [1.82, 2.24) is 19.2 Å². The minimum atomic E-state index is 0.671. The normalized spacial score (nSPS) is 16.1. The molecule has 3 heterocycles. The minimum absolute atomic E-state index is 0.671. The molecule has 21 heavy (non-hydrogen) atoms. The second kappa shape index (κ2) is 6.82. The molecule has 112 valence electrons. The van der Waals surface area contributed by atoms with Crippen LogP contribution in [0.25, 0.3) is 0 Å². The van der Waals surface area contributed by atoms with Gasteiger partial charge in [0.15, 0.2) is 0 Å². The number of pyridine rings is 1. The summed E-state index contributed by atoms with van der Waals surface area (Å²) in [6, 6.07) is 4.01. The van der Waals surface area contributed by atoms with Crippen LogP contribution < -0.4 is 9.64 Å². The molecule has 0 bridgehead atoms. The summed E-state index contributed by atoms with van der Waals surface area (Å²) < 4.78 is 9.14. The average molecular weight is 305 g/mol. The third kappa shape index (κ3) is 3.68. The van der Waals surface area contributed by atoms with Crippen LogP contribution in [0.3, 0.4) is 0 Å². The van der Waals surface area contributed by atoms with Crippen molar-refractivity contribution in [3.8, 4) is 5.88 Å². The average Bonchev–Trinajstić information content (AvgIpc) is 3.08. The van der Waals surface area contributed by atoms with Crippen molar-refractivity contribution in [3.63, 3.8) is 0 Å². The van der Waals surface area contributed by atoms with Gasteiger partial charge in [-0.2, -0.15) is 4.37 Å². The second-order valence-corrected chi connectivity index (χ2v) is 5.77. The Labute approximate surface area is 128 Å². The number of anilines is 1. The first kappa shape index (κ1) is 14.2. The number of rotatable bonds is 5. The van der Waals surface area contributed by atoms with E-state index in [0.29, 0.717) is 5.88 Å². The van der Waals surface area contributed by atoms with E-state index in [2.05, 4.69) is 30.2 Å². The Morgan fingerprint density at radius 3 is 2.67 bits per heavy atom. The maximum absolute atomic E-state index is 5.07. The number of aromatic nitrogens is 3. The predicted molar refractivity (Wildman–Crippen MR) is 83.1 cm³/mol. The lowest BCUT2D eigenvalue weighted by atomic mass is 10.2. The van der Waals surface area contributed by atoms with Crippen LogP contribution in [0.4, 0.5) is 5.13 Å². The molecule has 0 unspecified atom stereocenters. The van der Waals surface area contributed by atoms with Crippen LogP contribution in [-0.4, -0.2) is 59.1 Å². The van der Waals surface area contributed by atoms with Crippen LogP contribution in [0, 0.1) is 0 Å². The van der Waals surface area contributed by atoms with E-state index in [1.165, 1.54) is 17.1 Å². The molecule has 0 aliphatic carbocycles. The van der Waals surface area contributed by atoms with Gasteiger partial charge in [0.1, 0.15) is 6.33 Å². The minimum Gasteiger partial charge on any atom is -0.481 e. The third-order valence-electron chi connectivity index (χ3n) is 3.72. The topological polar surface area (TPSA) is 54.4 Å². The lowest BCUT2D eigenvalue weighted by Gasteiger charge is -2.34. The van der Waals surface area contributed by atoms with Crippen LogP contribution in [0.5, 0.6) is 5.88 Å². The van der Waals surface area contributed by atoms with Gasteiger partial charge >= 0.3 is 0 Å². The van der Waals surface area contributed by atoms with Crippen molar-refractivity contribution in [1.29, 1.82) is 0 Å². The molecule has 0 amide bonds. The van der Waals surface area contributed by atoms with Gasteiger partial charge in [0, 0.05) is 56.5 Å². The van der Waals surface area contributed by atoms with E-state index in [4.69, 9.17) is 4.74 Å². The molecule has 0 saturated carbocycles. The van der Waals surface area contributed by atoms with Gasteiger partial charge in [-0.05, 0) is 12.0 Å². The van der Waals surface area contributed by atoms with Crippen molar-refractivity contribution in [2.24, 2.45) is 0 Å². The zero-order chi connectivity index (χ0) is 14.5. The van der Waals surface area contributed by atoms with Gasteiger partial charge < -0.3 is 9.64 Å². The highest BCUT2D eigenvalue weighted by molar-refractivity contribution is 7.09. The molecule has 2 aromatic rings. The van der Waals surface area contributed by atoms with Crippen LogP contribution in [0.2, 0.25) is 0 Å². The monoisotopic (exact) mass is 305 g/mol. The Bertz CT molecular complexity index is 537. The highest BCUT2D eigenvalue weighted by Crippen LogP contribution is 2.17. The number of piperazine rings is 1. The summed E-state index contributed by atoms with van der Waals surface area (Å²) in [5, 5.41) is 1.04. The van der Waals surface area contributed by atoms with Gasteiger partial charge in [-0.3, -0.25) is 4.90 Å². The lowest BCUT2D eigenvalue weighted by Crippen LogP contribution is -2.46. The molecule has 0 N–H and O–H groups in total. The highest BCUT2D eigenvalue weighted by atomic mass is 32.1. The zero-order valence-corrected chi connectivity index (χ0v) is 12.9. The first-order chi connectivity index (χ1) is 10.3. The first-order valence-corrected chi connectivity index (χ1v) is 7.85. The summed E-state index contributed by atoms with van der Waals surface area (Å²) in [4.78, 5) is 13.3. The van der Waals surface area contributed by atoms with Gasteiger partial charge in [-0.15, -0.1) is 0 Å². The van der Waals surface area contributed by atoms with Gasteiger partial charge in [0.05, 0.1) is 7.11 Å². The van der Waals surface area contributed by atoms with Gasteiger partial charge in [-0.25, -0.2) is 9.97 Å². The Morgan fingerprint density at radius 1 is 1.19 bits per heavy atom. The van der Waals surface area contributed by atoms with E-state index >= 15 is 0 Å². The molecule has 0 aromatic carbocycles. The van der Waals surface area contributed by atoms with E-state index in [1.54, 1.807) is 13.4 Å². The molecule has 1 fully saturated rings. The van der Waals surface area contributed by atoms with E-state index < -0.39 is 0 Å². The summed E-state index contributed by atoms with van der Waals surface area (Å²) in [5.74, 6) is 0.671. The van der Waals surface area contributed by atoms with Crippen LogP contribution in [0.1, 0.15) is 5.56 Å². The molecule has 0 radical (unpaired) electrons. The number of hydrogen-bond acceptors (Lipinski definition) is 7. The molecular weight excluding hydrogens is 286 g/mol. The smallest absolute Gasteiger partial charge is 0.212 e. The van der Waals surface area contributed by atoms with E-state index in [9.17, 15) is 0 Å². The summed E-state index contributed by atoms with van der Waals surface area (Å²) in [6.07, 6.45) is 4.55.